The van der Waals surface area contributed by atoms with Crippen molar-refractivity contribution in [3.8, 4) is 11.5 Å². The Bertz CT molecular complexity index is 1230. The minimum Gasteiger partial charge on any atom is -0.467 e. The number of sulfone groups is 1. The number of oxazole rings is 1. The summed E-state index contributed by atoms with van der Waals surface area (Å²) in [4.78, 5) is 4.19. The van der Waals surface area contributed by atoms with Crippen molar-refractivity contribution in [1.29, 1.82) is 0 Å². The maximum absolute atomic E-state index is 14.2. The van der Waals surface area contributed by atoms with E-state index in [1.54, 1.807) is 30.3 Å². The van der Waals surface area contributed by atoms with E-state index in [0.717, 1.165) is 5.56 Å². The van der Waals surface area contributed by atoms with E-state index >= 15 is 0 Å². The first kappa shape index (κ1) is 18.9. The third-order valence-electron chi connectivity index (χ3n) is 4.29. The number of aromatic nitrogens is 1. The molecule has 0 aliphatic rings. The van der Waals surface area contributed by atoms with Gasteiger partial charge in [0.05, 0.1) is 23.3 Å². The van der Waals surface area contributed by atoms with Crippen LogP contribution in [0.4, 0.5) is 10.3 Å². The highest BCUT2D eigenvalue weighted by atomic mass is 32.2. The van der Waals surface area contributed by atoms with Crippen LogP contribution in [0, 0.1) is 12.7 Å². The van der Waals surface area contributed by atoms with Crippen LogP contribution in [0.25, 0.3) is 11.5 Å². The number of hydrogen-bond acceptors (Lipinski definition) is 6. The van der Waals surface area contributed by atoms with Gasteiger partial charge in [0.1, 0.15) is 11.6 Å². The first-order valence-corrected chi connectivity index (χ1v) is 10.3. The smallest absolute Gasteiger partial charge is 0.234 e. The largest absolute Gasteiger partial charge is 0.467 e. The lowest BCUT2D eigenvalue weighted by molar-refractivity contribution is 0.510. The summed E-state index contributed by atoms with van der Waals surface area (Å²) in [6, 6.07) is 15.7. The summed E-state index contributed by atoms with van der Waals surface area (Å²) >= 11 is 0. The van der Waals surface area contributed by atoms with Crippen LogP contribution in [0.5, 0.6) is 0 Å². The molecule has 4 aromatic rings. The minimum atomic E-state index is -4.00. The highest BCUT2D eigenvalue weighted by Gasteiger charge is 2.29. The van der Waals surface area contributed by atoms with Gasteiger partial charge in [0.15, 0.2) is 0 Å². The van der Waals surface area contributed by atoms with Crippen molar-refractivity contribution in [2.45, 2.75) is 23.4 Å². The Morgan fingerprint density at radius 2 is 1.79 bits per heavy atom. The predicted octanol–water partition coefficient (Wildman–Crippen LogP) is 4.83. The first-order chi connectivity index (χ1) is 13.9. The average molecular weight is 412 g/mol. The second-order valence-electron chi connectivity index (χ2n) is 6.38. The Hall–Kier alpha value is -3.39. The lowest BCUT2D eigenvalue weighted by Gasteiger charge is -2.05. The molecule has 0 radical (unpaired) electrons. The van der Waals surface area contributed by atoms with Gasteiger partial charge >= 0.3 is 0 Å². The highest BCUT2D eigenvalue weighted by Crippen LogP contribution is 2.33. The number of hydrogen-bond donors (Lipinski definition) is 1. The Balaban J connectivity index is 1.80. The zero-order valence-corrected chi connectivity index (χ0v) is 16.2. The fourth-order valence-electron chi connectivity index (χ4n) is 2.76. The summed E-state index contributed by atoms with van der Waals surface area (Å²) in [5, 5.41) is 2.57. The first-order valence-electron chi connectivity index (χ1n) is 8.79. The second kappa shape index (κ2) is 7.56. The van der Waals surface area contributed by atoms with E-state index in [1.165, 1.54) is 36.6 Å². The van der Waals surface area contributed by atoms with Gasteiger partial charge in [-0.15, -0.1) is 0 Å². The van der Waals surface area contributed by atoms with E-state index in [9.17, 15) is 12.8 Å². The molecule has 2 heterocycles. The molecule has 0 saturated heterocycles. The quantitative estimate of drug-likeness (QED) is 0.488. The molecule has 0 saturated carbocycles. The molecule has 2 aromatic carbocycles. The molecule has 0 unspecified atom stereocenters. The number of nitrogens with zero attached hydrogens (tertiary/aromatic N) is 1. The van der Waals surface area contributed by atoms with Crippen molar-refractivity contribution >= 4 is 15.7 Å². The third-order valence-corrected chi connectivity index (χ3v) is 5.97. The number of rotatable bonds is 6. The maximum Gasteiger partial charge on any atom is 0.234 e. The van der Waals surface area contributed by atoms with Crippen LogP contribution in [0.2, 0.25) is 0 Å². The van der Waals surface area contributed by atoms with Crippen LogP contribution in [-0.2, 0) is 16.4 Å². The number of benzene rings is 2. The molecule has 0 fully saturated rings. The minimum absolute atomic E-state index is 0.0672. The number of furan rings is 1. The summed E-state index contributed by atoms with van der Waals surface area (Å²) in [5.74, 6) is -0.200. The zero-order chi connectivity index (χ0) is 20.4. The van der Waals surface area contributed by atoms with Gasteiger partial charge in [-0.05, 0) is 43.3 Å². The molecule has 29 heavy (non-hydrogen) atoms. The van der Waals surface area contributed by atoms with Gasteiger partial charge in [-0.3, -0.25) is 0 Å². The summed E-state index contributed by atoms with van der Waals surface area (Å²) in [7, 11) is -4.00. The average Bonchev–Trinajstić information content (AvgIpc) is 3.37. The monoisotopic (exact) mass is 412 g/mol. The van der Waals surface area contributed by atoms with Crippen molar-refractivity contribution in [2.24, 2.45) is 0 Å². The lowest BCUT2D eigenvalue weighted by Crippen LogP contribution is -2.07. The van der Waals surface area contributed by atoms with Crippen molar-refractivity contribution in [3.63, 3.8) is 0 Å². The normalized spacial score (nSPS) is 11.5. The number of anilines is 1. The van der Waals surface area contributed by atoms with Crippen LogP contribution in [0.1, 0.15) is 11.3 Å². The highest BCUT2D eigenvalue weighted by molar-refractivity contribution is 7.91. The number of aryl methyl sites for hydroxylation is 1. The van der Waals surface area contributed by atoms with E-state index in [2.05, 4.69) is 10.3 Å². The van der Waals surface area contributed by atoms with Gasteiger partial charge in [-0.1, -0.05) is 29.8 Å². The lowest BCUT2D eigenvalue weighted by atomic mass is 10.2. The van der Waals surface area contributed by atoms with Gasteiger partial charge in [0.25, 0.3) is 0 Å². The molecule has 0 aliphatic heterocycles. The second-order valence-corrected chi connectivity index (χ2v) is 8.25. The van der Waals surface area contributed by atoms with Gasteiger partial charge in [0, 0.05) is 0 Å². The molecule has 6 nitrogen and oxygen atoms in total. The third kappa shape index (κ3) is 3.79. The van der Waals surface area contributed by atoms with Gasteiger partial charge in [0.2, 0.25) is 26.6 Å². The Morgan fingerprint density at radius 1 is 1.03 bits per heavy atom. The number of nitrogens with one attached hydrogen (secondary N) is 1. The molecule has 0 bridgehead atoms. The summed E-state index contributed by atoms with van der Waals surface area (Å²) in [6.45, 7) is 2.04. The van der Waals surface area contributed by atoms with Crippen LogP contribution in [-0.4, -0.2) is 13.4 Å². The summed E-state index contributed by atoms with van der Waals surface area (Å²) in [5.41, 5.74) is 0.992. The zero-order valence-electron chi connectivity index (χ0n) is 15.4. The maximum atomic E-state index is 14.2. The Labute approximate surface area is 166 Å². The van der Waals surface area contributed by atoms with Crippen molar-refractivity contribution in [1.82, 2.24) is 4.98 Å². The molecular weight excluding hydrogens is 395 g/mol. The van der Waals surface area contributed by atoms with E-state index in [0.29, 0.717) is 5.76 Å². The summed E-state index contributed by atoms with van der Waals surface area (Å²) in [6.07, 6.45) is 1.51. The van der Waals surface area contributed by atoms with Gasteiger partial charge < -0.3 is 14.2 Å². The SMILES string of the molecule is Cc1ccc(S(=O)(=O)c2nc(-c3ccccc3F)oc2NCc2ccco2)cc1. The van der Waals surface area contributed by atoms with E-state index < -0.39 is 15.7 Å². The van der Waals surface area contributed by atoms with E-state index in [-0.39, 0.29) is 33.8 Å². The van der Waals surface area contributed by atoms with E-state index in [1.807, 2.05) is 6.92 Å². The fourth-order valence-corrected chi connectivity index (χ4v) is 4.04. The Morgan fingerprint density at radius 3 is 2.48 bits per heavy atom. The van der Waals surface area contributed by atoms with Crippen LogP contribution >= 0.6 is 0 Å². The van der Waals surface area contributed by atoms with Crippen LogP contribution < -0.4 is 5.32 Å². The van der Waals surface area contributed by atoms with Crippen molar-refractivity contribution in [3.05, 3.63) is 84.1 Å². The van der Waals surface area contributed by atoms with Gasteiger partial charge in [-0.25, -0.2) is 12.8 Å². The molecule has 8 heteroatoms. The molecule has 0 spiro atoms. The number of halogens is 1. The molecule has 148 valence electrons. The van der Waals surface area contributed by atoms with Crippen LogP contribution in [0.15, 0.2) is 85.7 Å². The molecule has 1 N–H and O–H groups in total. The van der Waals surface area contributed by atoms with Crippen molar-refractivity contribution in [2.75, 3.05) is 5.32 Å². The topological polar surface area (TPSA) is 85.3 Å². The molecule has 0 atom stereocenters. The van der Waals surface area contributed by atoms with Crippen LogP contribution in [0.3, 0.4) is 0 Å². The summed E-state index contributed by atoms with van der Waals surface area (Å²) < 4.78 is 51.4. The van der Waals surface area contributed by atoms with Crippen molar-refractivity contribution < 1.29 is 21.6 Å². The predicted molar refractivity (Wildman–Crippen MR) is 105 cm³/mol. The van der Waals surface area contributed by atoms with Gasteiger partial charge in [-0.2, -0.15) is 4.98 Å². The molecule has 0 aliphatic carbocycles. The molecule has 0 amide bonds. The Kier molecular flexibility index (Phi) is 4.94. The standard InChI is InChI=1S/C21H17FN2O4S/c1-14-8-10-16(11-9-14)29(25,26)21-20(23-13-15-5-4-12-27-15)28-19(24-21)17-6-2-3-7-18(17)22/h2-12,23H,13H2,1H3. The van der Waals surface area contributed by atoms with E-state index in [4.69, 9.17) is 8.83 Å². The molecular formula is C21H17FN2O4S. The molecule has 4 rings (SSSR count). The molecule has 2 aromatic heterocycles. The fraction of sp³-hybridized carbons (Fsp3) is 0.0952.